The number of rotatable bonds is 20. The van der Waals surface area contributed by atoms with Gasteiger partial charge in [-0.2, -0.15) is 5.26 Å². The first-order valence-corrected chi connectivity index (χ1v) is 45.6. The molecule has 0 unspecified atom stereocenters. The molecule has 720 valence electrons. The van der Waals surface area contributed by atoms with E-state index < -0.39 is 48.4 Å². The molecule has 10 heterocycles. The number of halogens is 4. The highest BCUT2D eigenvalue weighted by atomic mass is 19.1. The molecular weight excluding hydrogens is 1810 g/mol. The minimum Gasteiger partial charge on any atom is -0.399 e. The zero-order chi connectivity index (χ0) is 101. The minimum atomic E-state index is -1.07. The highest BCUT2D eigenvalue weighted by Gasteiger charge is 2.47. The Morgan fingerprint density at radius 3 is 0.817 bits per heavy atom. The molecule has 142 heavy (non-hydrogen) atoms. The lowest BCUT2D eigenvalue weighted by molar-refractivity contribution is -0.118. The second-order valence-electron chi connectivity index (χ2n) is 35.9. The van der Waals surface area contributed by atoms with Gasteiger partial charge in [0.05, 0.1) is 70.0 Å². The standard InChI is InChI=1S/C22H21N5O.2C21H20FN5O2.2C21H20FN5O/c1-12(2)15-5-3-4-6-16(15)19-8-13-9-20(25-11-18(13)21(24)26-19)27-22(28)17-7-14(17)10-23;2*1-10-5-11(20(28)24-2)3-4-13(10)17-6-12-7-18(25-9-15(12)19(23)26-17)27-21(29)14-8-16(14)22;2*1-10-5-12(11(2)23)3-4-14(10)18-6-13-7-19(25-9-16(13)20(24)26-18)27-21(28)15-8-17(15)22/h3-6,8-9,11-12,14,17H,7H2,1-2H3,(H2,24,26)(H,25,27,28);2*3-7,9,14,16H,8H2,1-2H3,(H2,23,26)(H,24,28)(H,25,27,29);2*3-7,9,15,17H,2,8,23H2,1H3,(H2,24,26)(H,25,27,28)/t14-,17+;2*14-,16+;2*15-,17+/m11010/s1. The number of nitrogens with zero attached hydrogens (tertiary/aromatic N) is 11. The van der Waals surface area contributed by atoms with Crippen molar-refractivity contribution < 1.29 is 51.1 Å². The molecule has 10 aromatic heterocycles. The summed E-state index contributed by atoms with van der Waals surface area (Å²) in [4.78, 5) is 127. The van der Waals surface area contributed by atoms with Gasteiger partial charge in [0.2, 0.25) is 29.5 Å². The topological polar surface area (TPSA) is 539 Å². The summed E-state index contributed by atoms with van der Waals surface area (Å²) in [6.07, 6.45) is 5.25. The normalized spacial score (nSPS) is 17.9. The average Bonchev–Trinajstić information content (AvgIpc) is 1.76. The van der Waals surface area contributed by atoms with Crippen molar-refractivity contribution in [2.24, 2.45) is 47.0 Å². The molecule has 0 spiro atoms. The number of carbonyl (C=O) groups is 7. The summed E-state index contributed by atoms with van der Waals surface area (Å²) in [7, 11) is 3.16. The Bertz CT molecular complexity index is 7390. The number of nitrogen functional groups attached to an aromatic ring is 5. The number of nitriles is 1. The van der Waals surface area contributed by atoms with Crippen LogP contribution in [0.25, 0.3) is 122 Å². The third kappa shape index (κ3) is 22.0. The van der Waals surface area contributed by atoms with Crippen LogP contribution in [0, 0.1) is 74.5 Å². The van der Waals surface area contributed by atoms with Crippen molar-refractivity contribution in [1.29, 1.82) is 5.26 Å². The second-order valence-corrected chi connectivity index (χ2v) is 35.9. The number of hydrogen-bond acceptors (Lipinski definition) is 25. The van der Waals surface area contributed by atoms with Crippen molar-refractivity contribution in [1.82, 2.24) is 60.5 Å². The Kier molecular flexibility index (Phi) is 27.9. The van der Waals surface area contributed by atoms with Crippen molar-refractivity contribution in [2.45, 2.75) is 104 Å². The summed E-state index contributed by atoms with van der Waals surface area (Å²) in [6, 6.07) is 50.5. The Morgan fingerprint density at radius 1 is 0.352 bits per heavy atom. The summed E-state index contributed by atoms with van der Waals surface area (Å²) >= 11 is 0. The van der Waals surface area contributed by atoms with E-state index in [-0.39, 0.29) is 78.9 Å². The molecule has 5 aromatic carbocycles. The third-order valence-electron chi connectivity index (χ3n) is 25.1. The maximum absolute atomic E-state index is 13.1. The molecule has 5 aliphatic carbocycles. The van der Waals surface area contributed by atoms with E-state index in [0.717, 1.165) is 99.2 Å². The van der Waals surface area contributed by atoms with Gasteiger partial charge in [-0.05, 0) is 229 Å². The van der Waals surface area contributed by atoms with Crippen LogP contribution in [0.5, 0.6) is 0 Å². The molecule has 32 nitrogen and oxygen atoms in total. The van der Waals surface area contributed by atoms with E-state index in [1.165, 1.54) is 5.56 Å². The van der Waals surface area contributed by atoms with Crippen LogP contribution in [0.15, 0.2) is 202 Å². The fourth-order valence-corrected chi connectivity index (χ4v) is 16.4. The van der Waals surface area contributed by atoms with Gasteiger partial charge in [-0.1, -0.05) is 87.7 Å². The van der Waals surface area contributed by atoms with Gasteiger partial charge in [-0.25, -0.2) is 67.4 Å². The van der Waals surface area contributed by atoms with Gasteiger partial charge < -0.3 is 77.4 Å². The second kappa shape index (κ2) is 40.6. The average molecular weight is 1910 g/mol. The summed E-state index contributed by atoms with van der Waals surface area (Å²) in [5.74, 6) is -0.763. The molecule has 0 bridgehead atoms. The molecule has 20 rings (SSSR count). The molecule has 15 aromatic rings. The number of carbonyl (C=O) groups excluding carboxylic acids is 7. The third-order valence-corrected chi connectivity index (χ3v) is 25.1. The predicted octanol–water partition coefficient (Wildman–Crippen LogP) is 16.6. The van der Waals surface area contributed by atoms with Crippen molar-refractivity contribution in [3.8, 4) is 62.4 Å². The minimum absolute atomic E-state index is 0.161. The lowest BCUT2D eigenvalue weighted by atomic mass is 9.94. The van der Waals surface area contributed by atoms with Gasteiger partial charge in [0, 0.05) is 122 Å². The fourth-order valence-electron chi connectivity index (χ4n) is 16.4. The first kappa shape index (κ1) is 97.6. The summed E-state index contributed by atoms with van der Waals surface area (Å²) in [5, 5.41) is 34.9. The van der Waals surface area contributed by atoms with E-state index in [0.29, 0.717) is 137 Å². The van der Waals surface area contributed by atoms with Crippen LogP contribution in [0.1, 0.15) is 112 Å². The van der Waals surface area contributed by atoms with Gasteiger partial charge in [-0.3, -0.25) is 33.6 Å². The van der Waals surface area contributed by atoms with Crippen molar-refractivity contribution >= 4 is 165 Å². The van der Waals surface area contributed by atoms with E-state index in [4.69, 9.17) is 45.4 Å². The van der Waals surface area contributed by atoms with Gasteiger partial charge in [0.1, 0.15) is 82.9 Å². The van der Waals surface area contributed by atoms with Crippen molar-refractivity contribution in [3.63, 3.8) is 0 Å². The number of amides is 7. The Balaban J connectivity index is 0.000000128. The monoisotopic (exact) mass is 1910 g/mol. The first-order valence-electron chi connectivity index (χ1n) is 45.6. The van der Waals surface area contributed by atoms with Crippen molar-refractivity contribution in [3.05, 3.63) is 252 Å². The number of aromatic nitrogens is 10. The summed E-state index contributed by atoms with van der Waals surface area (Å²) in [5.41, 5.74) is 59.0. The summed E-state index contributed by atoms with van der Waals surface area (Å²) < 4.78 is 52.3. The molecule has 21 N–H and O–H groups in total. The van der Waals surface area contributed by atoms with Gasteiger partial charge >= 0.3 is 0 Å². The Labute approximate surface area is 812 Å². The zero-order valence-electron chi connectivity index (χ0n) is 78.5. The van der Waals surface area contributed by atoms with Crippen LogP contribution in [-0.4, -0.2) is 130 Å². The van der Waals surface area contributed by atoms with Crippen LogP contribution in [0.2, 0.25) is 0 Å². The van der Waals surface area contributed by atoms with Gasteiger partial charge in [-0.15, -0.1) is 0 Å². The maximum atomic E-state index is 13.1. The number of aryl methyl sites for hydroxylation is 4. The largest absolute Gasteiger partial charge is 0.399 e. The number of nitrogens with one attached hydrogen (secondary N) is 7. The van der Waals surface area contributed by atoms with Crippen LogP contribution < -0.4 is 77.4 Å². The molecule has 0 aliphatic heterocycles. The number of benzene rings is 5. The SMILES string of the molecule is C=C(N)c1ccc(-c2cc3cc(NC(=O)[C@@H]4C[C@@H]4F)ncc3c(N)n2)c(C)c1.C=C(N)c1ccc(-c2cc3cc(NC(=O)[C@H]4C[C@H]4F)ncc3c(N)n2)c(C)c1.CC(C)c1ccccc1-c1cc2cc(NC(=O)[C@H]3C[C@@H]3C#N)ncc2c(N)n1.CNC(=O)c1ccc(-c2cc3cc(NC(=O)[C@@H]4C[C@@H]4F)ncc3c(N)n2)c(C)c1.CNC(=O)c1ccc(-c2cc3cc(NC(=O)[C@H]4C[C@H]4F)ncc3c(N)n2)c(C)c1. The lowest BCUT2D eigenvalue weighted by Crippen LogP contribution is -2.17. The molecule has 5 aliphatic rings. The molecule has 36 heteroatoms. The van der Waals surface area contributed by atoms with E-state index in [2.05, 4.69) is 126 Å². The van der Waals surface area contributed by atoms with Crippen LogP contribution in [0.4, 0.5) is 75.7 Å². The Morgan fingerprint density at radius 2 is 0.592 bits per heavy atom. The molecule has 5 fully saturated rings. The highest BCUT2D eigenvalue weighted by molar-refractivity contribution is 6.05. The molecular formula is C106H101F4N25O7. The number of pyridine rings is 10. The van der Waals surface area contributed by atoms with Gasteiger partial charge in [0.15, 0.2) is 0 Å². The lowest BCUT2D eigenvalue weighted by Gasteiger charge is -2.14. The smallest absolute Gasteiger partial charge is 0.251 e. The van der Waals surface area contributed by atoms with Crippen LogP contribution in [-0.2, 0) is 24.0 Å². The first-order chi connectivity index (χ1) is 67.9. The van der Waals surface area contributed by atoms with Gasteiger partial charge in [0.25, 0.3) is 11.8 Å². The number of alkyl halides is 4. The maximum Gasteiger partial charge on any atom is 0.251 e. The number of nitrogens with two attached hydrogens (primary N) is 7. The molecule has 10 atom stereocenters. The summed E-state index contributed by atoms with van der Waals surface area (Å²) in [6.45, 7) is 19.5. The fraction of sp³-hybridized carbons (Fsp3) is 0.226. The van der Waals surface area contributed by atoms with Crippen LogP contribution >= 0.6 is 0 Å². The highest BCUT2D eigenvalue weighted by Crippen LogP contribution is 2.43. The van der Waals surface area contributed by atoms with E-state index in [1.54, 1.807) is 99.7 Å². The molecule has 0 radical (unpaired) electrons. The molecule has 7 amide bonds. The van der Waals surface area contributed by atoms with Crippen molar-refractivity contribution in [2.75, 3.05) is 69.3 Å². The van der Waals surface area contributed by atoms with E-state index in [1.807, 2.05) is 125 Å². The van der Waals surface area contributed by atoms with E-state index >= 15 is 0 Å². The quantitative estimate of drug-likeness (QED) is 0.0315. The van der Waals surface area contributed by atoms with Crippen LogP contribution in [0.3, 0.4) is 0 Å². The predicted molar refractivity (Wildman–Crippen MR) is 546 cm³/mol. The number of anilines is 10. The Hall–Kier alpha value is -17.5. The number of fused-ring (bicyclic) bond motifs is 5. The zero-order valence-corrected chi connectivity index (χ0v) is 78.5. The molecule has 0 saturated heterocycles. The van der Waals surface area contributed by atoms with E-state index in [9.17, 15) is 51.1 Å². The molecule has 5 saturated carbocycles. The number of hydrogen-bond donors (Lipinski definition) is 14.